The lowest BCUT2D eigenvalue weighted by Gasteiger charge is -2.33. The van der Waals surface area contributed by atoms with Crippen molar-refractivity contribution in [2.45, 2.75) is 76.4 Å². The molecular formula is C33H40ClN3O5S. The van der Waals surface area contributed by atoms with Crippen molar-refractivity contribution >= 4 is 39.1 Å². The van der Waals surface area contributed by atoms with Crippen molar-refractivity contribution < 1.29 is 22.7 Å². The van der Waals surface area contributed by atoms with Crippen molar-refractivity contribution in [1.82, 2.24) is 10.2 Å². The molecule has 0 radical (unpaired) electrons. The van der Waals surface area contributed by atoms with Gasteiger partial charge in [0.2, 0.25) is 11.8 Å². The molecule has 1 aliphatic carbocycles. The number of hydrogen-bond acceptors (Lipinski definition) is 5. The summed E-state index contributed by atoms with van der Waals surface area (Å²) < 4.78 is 34.7. The van der Waals surface area contributed by atoms with E-state index >= 15 is 0 Å². The summed E-state index contributed by atoms with van der Waals surface area (Å²) in [5, 5.41) is 3.53. The largest absolute Gasteiger partial charge is 0.494 e. The number of nitrogens with one attached hydrogen (secondary N) is 1. The Labute approximate surface area is 260 Å². The average Bonchev–Trinajstić information content (AvgIpc) is 3.50. The van der Waals surface area contributed by atoms with E-state index in [1.807, 2.05) is 45.0 Å². The molecule has 230 valence electrons. The van der Waals surface area contributed by atoms with Gasteiger partial charge in [-0.25, -0.2) is 8.42 Å². The SMILES string of the molecule is CCOc1ccc(N(CC(=O)N(Cc2ccc(C)cc2)[C@H](CC)C(=O)NC2CCCC2)S(=O)(=O)c2ccc(Cl)cc2)cc1. The summed E-state index contributed by atoms with van der Waals surface area (Å²) in [7, 11) is -4.19. The van der Waals surface area contributed by atoms with Crippen LogP contribution in [0.4, 0.5) is 5.69 Å². The number of rotatable bonds is 13. The van der Waals surface area contributed by atoms with Gasteiger partial charge in [-0.3, -0.25) is 13.9 Å². The molecule has 1 aliphatic rings. The van der Waals surface area contributed by atoms with E-state index in [0.717, 1.165) is 41.1 Å². The van der Waals surface area contributed by atoms with Crippen molar-refractivity contribution in [3.8, 4) is 5.75 Å². The second-order valence-corrected chi connectivity index (χ2v) is 13.1. The quantitative estimate of drug-likeness (QED) is 0.247. The monoisotopic (exact) mass is 625 g/mol. The van der Waals surface area contributed by atoms with E-state index in [4.69, 9.17) is 16.3 Å². The molecule has 0 spiro atoms. The van der Waals surface area contributed by atoms with Gasteiger partial charge in [0, 0.05) is 17.6 Å². The number of halogens is 1. The molecule has 1 saturated carbocycles. The smallest absolute Gasteiger partial charge is 0.264 e. The van der Waals surface area contributed by atoms with Gasteiger partial charge in [-0.15, -0.1) is 0 Å². The van der Waals surface area contributed by atoms with E-state index in [0.29, 0.717) is 29.5 Å². The van der Waals surface area contributed by atoms with Gasteiger partial charge in [-0.05, 0) is 87.2 Å². The number of amides is 2. The Morgan fingerprint density at radius 3 is 2.16 bits per heavy atom. The average molecular weight is 626 g/mol. The van der Waals surface area contributed by atoms with Crippen molar-refractivity contribution in [2.24, 2.45) is 0 Å². The second-order valence-electron chi connectivity index (χ2n) is 10.8. The summed E-state index contributed by atoms with van der Waals surface area (Å²) in [6, 6.07) is 19.5. The fraction of sp³-hybridized carbons (Fsp3) is 0.394. The van der Waals surface area contributed by atoms with Gasteiger partial charge >= 0.3 is 0 Å². The van der Waals surface area contributed by atoms with Gasteiger partial charge in [0.25, 0.3) is 10.0 Å². The number of aryl methyl sites for hydroxylation is 1. The lowest BCUT2D eigenvalue weighted by molar-refractivity contribution is -0.140. The summed E-state index contributed by atoms with van der Waals surface area (Å²) in [6.45, 7) is 5.82. The number of nitrogens with zero attached hydrogens (tertiary/aromatic N) is 2. The van der Waals surface area contributed by atoms with Gasteiger partial charge < -0.3 is 15.0 Å². The minimum atomic E-state index is -4.19. The topological polar surface area (TPSA) is 96.0 Å². The molecule has 43 heavy (non-hydrogen) atoms. The van der Waals surface area contributed by atoms with Crippen LogP contribution in [0.2, 0.25) is 5.02 Å². The molecule has 0 saturated heterocycles. The lowest BCUT2D eigenvalue weighted by atomic mass is 10.1. The minimum absolute atomic E-state index is 0.00492. The van der Waals surface area contributed by atoms with Crippen LogP contribution in [0.5, 0.6) is 5.75 Å². The molecule has 3 aromatic rings. The third-order valence-electron chi connectivity index (χ3n) is 7.68. The maximum Gasteiger partial charge on any atom is 0.264 e. The van der Waals surface area contributed by atoms with E-state index < -0.39 is 28.5 Å². The molecule has 1 atom stereocenters. The Bertz CT molecular complexity index is 1470. The molecule has 0 aromatic heterocycles. The minimum Gasteiger partial charge on any atom is -0.494 e. The van der Waals surface area contributed by atoms with Crippen LogP contribution in [0.3, 0.4) is 0 Å². The molecule has 4 rings (SSSR count). The summed E-state index contributed by atoms with van der Waals surface area (Å²) in [6.07, 6.45) is 4.34. The third-order valence-corrected chi connectivity index (χ3v) is 9.72. The van der Waals surface area contributed by atoms with Crippen molar-refractivity contribution in [3.63, 3.8) is 0 Å². The van der Waals surface area contributed by atoms with Crippen LogP contribution in [-0.4, -0.2) is 50.4 Å². The molecule has 0 unspecified atom stereocenters. The first-order valence-electron chi connectivity index (χ1n) is 14.8. The molecular weight excluding hydrogens is 586 g/mol. The fourth-order valence-electron chi connectivity index (χ4n) is 5.32. The Kier molecular flexibility index (Phi) is 11.1. The van der Waals surface area contributed by atoms with Crippen molar-refractivity contribution in [1.29, 1.82) is 0 Å². The zero-order valence-electron chi connectivity index (χ0n) is 25.0. The standard InChI is InChI=1S/C33H40ClN3O5S/c1-4-31(33(39)35-27-8-6-7-9-27)36(22-25-12-10-24(3)11-13-25)32(38)23-37(28-16-18-29(19-17-28)42-5-2)43(40,41)30-20-14-26(34)15-21-30/h10-21,27,31H,4-9,22-23H2,1-3H3,(H,35,39)/t31-/m1/s1. The van der Waals surface area contributed by atoms with Crippen LogP contribution in [0.1, 0.15) is 57.1 Å². The fourth-order valence-corrected chi connectivity index (χ4v) is 6.86. The molecule has 10 heteroatoms. The molecule has 3 aromatic carbocycles. The van der Waals surface area contributed by atoms with Crippen molar-refractivity contribution in [3.05, 3.63) is 88.9 Å². The predicted molar refractivity (Wildman–Crippen MR) is 170 cm³/mol. The van der Waals surface area contributed by atoms with Crippen molar-refractivity contribution in [2.75, 3.05) is 17.5 Å². The number of anilines is 1. The molecule has 0 heterocycles. The highest BCUT2D eigenvalue weighted by Gasteiger charge is 2.34. The number of ether oxygens (including phenoxy) is 1. The van der Waals surface area contributed by atoms with Crippen LogP contribution in [-0.2, 0) is 26.2 Å². The molecule has 1 N–H and O–H groups in total. The zero-order chi connectivity index (χ0) is 31.0. The summed E-state index contributed by atoms with van der Waals surface area (Å²) in [5.41, 5.74) is 2.22. The zero-order valence-corrected chi connectivity index (χ0v) is 26.5. The lowest BCUT2D eigenvalue weighted by Crippen LogP contribution is -2.53. The van der Waals surface area contributed by atoms with Gasteiger partial charge in [0.15, 0.2) is 0 Å². The molecule has 0 aliphatic heterocycles. The van der Waals surface area contributed by atoms with E-state index in [9.17, 15) is 18.0 Å². The highest BCUT2D eigenvalue weighted by atomic mass is 35.5. The van der Waals surface area contributed by atoms with Gasteiger partial charge in [0.05, 0.1) is 17.2 Å². The first kappa shape index (κ1) is 32.4. The number of sulfonamides is 1. The first-order valence-corrected chi connectivity index (χ1v) is 16.6. The Morgan fingerprint density at radius 1 is 0.953 bits per heavy atom. The Balaban J connectivity index is 1.71. The predicted octanol–water partition coefficient (Wildman–Crippen LogP) is 6.11. The Morgan fingerprint density at radius 2 is 1.58 bits per heavy atom. The van der Waals surface area contributed by atoms with Gasteiger partial charge in [-0.1, -0.05) is 61.2 Å². The van der Waals surface area contributed by atoms with E-state index in [1.54, 1.807) is 24.3 Å². The number of benzene rings is 3. The van der Waals surface area contributed by atoms with Gasteiger partial charge in [0.1, 0.15) is 18.3 Å². The van der Waals surface area contributed by atoms with E-state index in [2.05, 4.69) is 5.32 Å². The molecule has 1 fully saturated rings. The Hall–Kier alpha value is -3.56. The normalized spacial score (nSPS) is 14.2. The second kappa shape index (κ2) is 14.8. The number of carbonyl (C=O) groups excluding carboxylic acids is 2. The van der Waals surface area contributed by atoms with Crippen LogP contribution in [0.25, 0.3) is 0 Å². The maximum absolute atomic E-state index is 14.2. The highest BCUT2D eigenvalue weighted by molar-refractivity contribution is 7.92. The van der Waals surface area contributed by atoms with Crippen LogP contribution in [0.15, 0.2) is 77.7 Å². The van der Waals surface area contributed by atoms with E-state index in [1.165, 1.54) is 29.2 Å². The summed E-state index contributed by atoms with van der Waals surface area (Å²) in [5.74, 6) is -0.125. The molecule has 0 bridgehead atoms. The van der Waals surface area contributed by atoms with Crippen LogP contribution >= 0.6 is 11.6 Å². The summed E-state index contributed by atoms with van der Waals surface area (Å²) in [4.78, 5) is 29.3. The third kappa shape index (κ3) is 8.30. The molecule has 8 nitrogen and oxygen atoms in total. The van der Waals surface area contributed by atoms with Gasteiger partial charge in [-0.2, -0.15) is 0 Å². The molecule has 2 amide bonds. The first-order chi connectivity index (χ1) is 20.6. The van der Waals surface area contributed by atoms with Crippen LogP contribution in [0, 0.1) is 6.92 Å². The number of hydrogen-bond donors (Lipinski definition) is 1. The number of carbonyl (C=O) groups is 2. The maximum atomic E-state index is 14.2. The highest BCUT2D eigenvalue weighted by Crippen LogP contribution is 2.28. The summed E-state index contributed by atoms with van der Waals surface area (Å²) >= 11 is 6.04. The van der Waals surface area contributed by atoms with Crippen LogP contribution < -0.4 is 14.4 Å². The van der Waals surface area contributed by atoms with E-state index in [-0.39, 0.29) is 23.4 Å².